The number of aliphatic carboxylic acids is 1. The summed E-state index contributed by atoms with van der Waals surface area (Å²) in [5, 5.41) is 12.4. The van der Waals surface area contributed by atoms with E-state index < -0.39 is 17.7 Å². The van der Waals surface area contributed by atoms with E-state index in [4.69, 9.17) is 19.4 Å². The van der Waals surface area contributed by atoms with E-state index in [9.17, 15) is 9.90 Å². The van der Waals surface area contributed by atoms with Crippen molar-refractivity contribution in [2.24, 2.45) is 5.92 Å². The van der Waals surface area contributed by atoms with Crippen LogP contribution in [0.5, 0.6) is 5.75 Å². The van der Waals surface area contributed by atoms with Gasteiger partial charge in [-0.1, -0.05) is 48.6 Å². The third-order valence-corrected chi connectivity index (χ3v) is 8.87. The number of carboxylic acids is 1. The lowest BCUT2D eigenvalue weighted by Gasteiger charge is -2.33. The number of pyridine rings is 1. The van der Waals surface area contributed by atoms with Crippen molar-refractivity contribution in [1.29, 1.82) is 0 Å². The van der Waals surface area contributed by atoms with Crippen molar-refractivity contribution in [3.8, 4) is 5.75 Å². The van der Waals surface area contributed by atoms with Gasteiger partial charge in [0.15, 0.2) is 11.2 Å². The largest absolute Gasteiger partial charge is 0.493 e. The molecule has 0 radical (unpaired) electrons. The molecule has 1 aliphatic carbocycles. The Morgan fingerprint density at radius 1 is 1.20 bits per heavy atom. The third-order valence-electron chi connectivity index (χ3n) is 7.64. The van der Waals surface area contributed by atoms with Crippen molar-refractivity contribution >= 4 is 38.9 Å². The SMILES string of the molecule is CC1Cc2nc(N(C)Cc3ccccc3)sc2C(c2ccc3c4c(ccnc24)CCO3)=C1[C@H](OC(C)(C)C)C(=O)O. The normalized spacial score (nSPS) is 17.2. The van der Waals surface area contributed by atoms with Gasteiger partial charge in [-0.2, -0.15) is 0 Å². The maximum absolute atomic E-state index is 12.8. The number of hydrogen-bond acceptors (Lipinski definition) is 7. The van der Waals surface area contributed by atoms with Gasteiger partial charge in [-0.25, -0.2) is 9.78 Å². The number of carbonyl (C=O) groups is 1. The lowest BCUT2D eigenvalue weighted by Crippen LogP contribution is -2.38. The molecule has 6 rings (SSSR count). The van der Waals surface area contributed by atoms with Gasteiger partial charge in [0.05, 0.1) is 28.3 Å². The van der Waals surface area contributed by atoms with Crippen LogP contribution in [0.2, 0.25) is 0 Å². The van der Waals surface area contributed by atoms with Gasteiger partial charge in [0.2, 0.25) is 0 Å². The predicted octanol–water partition coefficient (Wildman–Crippen LogP) is 6.53. The number of carboxylic acid groups (broad SMARTS) is 1. The predicted molar refractivity (Wildman–Crippen MR) is 163 cm³/mol. The summed E-state index contributed by atoms with van der Waals surface area (Å²) in [5.74, 6) is -0.275. The van der Waals surface area contributed by atoms with Crippen molar-refractivity contribution in [1.82, 2.24) is 9.97 Å². The number of nitrogens with zero attached hydrogens (tertiary/aromatic N) is 3. The number of rotatable bonds is 7. The third kappa shape index (κ3) is 5.22. The fourth-order valence-electron chi connectivity index (χ4n) is 5.91. The van der Waals surface area contributed by atoms with Gasteiger partial charge in [-0.3, -0.25) is 4.98 Å². The van der Waals surface area contributed by atoms with E-state index in [1.165, 1.54) is 11.1 Å². The van der Waals surface area contributed by atoms with Gasteiger partial charge in [0, 0.05) is 42.7 Å². The molecule has 2 aliphatic rings. The highest BCUT2D eigenvalue weighted by Gasteiger charge is 2.39. The smallest absolute Gasteiger partial charge is 0.337 e. The molecule has 1 unspecified atom stereocenters. The molecule has 3 heterocycles. The lowest BCUT2D eigenvalue weighted by molar-refractivity contribution is -0.156. The summed E-state index contributed by atoms with van der Waals surface area (Å²) >= 11 is 1.60. The minimum atomic E-state index is -1.11. The average molecular weight is 570 g/mol. The van der Waals surface area contributed by atoms with Gasteiger partial charge in [-0.05, 0) is 68.0 Å². The van der Waals surface area contributed by atoms with E-state index in [0.717, 1.165) is 62.0 Å². The molecule has 1 N–H and O–H groups in total. The second-order valence-electron chi connectivity index (χ2n) is 11.9. The van der Waals surface area contributed by atoms with E-state index in [1.54, 1.807) is 11.3 Å². The molecule has 0 saturated heterocycles. The molecule has 0 fully saturated rings. The van der Waals surface area contributed by atoms with Crippen LogP contribution in [0.4, 0.5) is 5.13 Å². The molecule has 4 aromatic rings. The molecule has 212 valence electrons. The highest BCUT2D eigenvalue weighted by molar-refractivity contribution is 7.17. The molecule has 0 saturated carbocycles. The monoisotopic (exact) mass is 569 g/mol. The zero-order valence-electron chi connectivity index (χ0n) is 24.1. The summed E-state index contributed by atoms with van der Waals surface area (Å²) in [7, 11) is 2.05. The van der Waals surface area contributed by atoms with Crippen LogP contribution < -0.4 is 9.64 Å². The number of hydrogen-bond donors (Lipinski definition) is 1. The minimum absolute atomic E-state index is 0.0996. The first-order chi connectivity index (χ1) is 19.6. The van der Waals surface area contributed by atoms with Gasteiger partial charge in [0.25, 0.3) is 0 Å². The van der Waals surface area contributed by atoms with Crippen LogP contribution in [0, 0.1) is 5.92 Å². The molecule has 2 aromatic heterocycles. The molecule has 7 nitrogen and oxygen atoms in total. The fourth-order valence-corrected chi connectivity index (χ4v) is 7.05. The maximum atomic E-state index is 12.8. The van der Waals surface area contributed by atoms with E-state index in [0.29, 0.717) is 13.0 Å². The highest BCUT2D eigenvalue weighted by atomic mass is 32.1. The molecule has 2 aromatic carbocycles. The minimum Gasteiger partial charge on any atom is -0.493 e. The van der Waals surface area contributed by atoms with Crippen LogP contribution in [0.25, 0.3) is 16.5 Å². The summed E-state index contributed by atoms with van der Waals surface area (Å²) in [4.78, 5) is 25.9. The van der Waals surface area contributed by atoms with E-state index in [2.05, 4.69) is 37.1 Å². The Morgan fingerprint density at radius 3 is 2.71 bits per heavy atom. The number of anilines is 1. The Bertz CT molecular complexity index is 1640. The van der Waals surface area contributed by atoms with Crippen LogP contribution in [-0.4, -0.2) is 46.4 Å². The number of thiazole rings is 1. The number of ether oxygens (including phenoxy) is 2. The highest BCUT2D eigenvalue weighted by Crippen LogP contribution is 2.48. The summed E-state index contributed by atoms with van der Waals surface area (Å²) < 4.78 is 12.3. The quantitative estimate of drug-likeness (QED) is 0.271. The first-order valence-corrected chi connectivity index (χ1v) is 14.9. The number of aromatic nitrogens is 2. The molecule has 1 aliphatic heterocycles. The standard InChI is InChI=1S/C33H35N3O4S/c1-19-17-23-30(41-32(35-23)36(5)18-20-9-7-6-8-10-20)27(25(19)29(31(37)38)40-33(2,3)4)22-11-12-24-26-21(14-16-39-24)13-15-34-28(22)26/h6-13,15,19,29H,14,16-18H2,1-5H3,(H,37,38)/t19?,29-/m0/s1. The Hall–Kier alpha value is -3.75. The van der Waals surface area contributed by atoms with Crippen LogP contribution in [0.1, 0.15) is 55.0 Å². The zero-order chi connectivity index (χ0) is 28.9. The first kappa shape index (κ1) is 27.4. The fraction of sp³-hybridized carbons (Fsp3) is 0.364. The Labute approximate surface area is 244 Å². The van der Waals surface area contributed by atoms with Crippen LogP contribution in [0.15, 0.2) is 60.3 Å². The topological polar surface area (TPSA) is 84.8 Å². The molecular formula is C33H35N3O4S. The lowest BCUT2D eigenvalue weighted by atomic mass is 9.79. The van der Waals surface area contributed by atoms with Crippen molar-refractivity contribution in [2.75, 3.05) is 18.6 Å². The van der Waals surface area contributed by atoms with E-state index in [-0.39, 0.29) is 5.92 Å². The van der Waals surface area contributed by atoms with Crippen LogP contribution >= 0.6 is 11.3 Å². The molecule has 0 spiro atoms. The summed E-state index contributed by atoms with van der Waals surface area (Å²) in [6.45, 7) is 9.12. The molecule has 0 bridgehead atoms. The second-order valence-corrected chi connectivity index (χ2v) is 12.9. The number of benzene rings is 2. The Morgan fingerprint density at radius 2 is 1.98 bits per heavy atom. The Balaban J connectivity index is 1.58. The molecule has 8 heteroatoms. The van der Waals surface area contributed by atoms with Crippen molar-refractivity contribution in [3.63, 3.8) is 0 Å². The average Bonchev–Trinajstić information content (AvgIpc) is 3.36. The molecule has 2 atom stereocenters. The van der Waals surface area contributed by atoms with Crippen molar-refractivity contribution in [3.05, 3.63) is 87.6 Å². The first-order valence-electron chi connectivity index (χ1n) is 14.0. The molecule has 41 heavy (non-hydrogen) atoms. The van der Waals surface area contributed by atoms with Crippen LogP contribution in [-0.2, 0) is 28.9 Å². The van der Waals surface area contributed by atoms with Gasteiger partial charge in [-0.15, -0.1) is 0 Å². The Kier molecular flexibility index (Phi) is 7.08. The second kappa shape index (κ2) is 10.6. The van der Waals surface area contributed by atoms with Crippen molar-refractivity contribution < 1.29 is 19.4 Å². The summed E-state index contributed by atoms with van der Waals surface area (Å²) in [6, 6.07) is 16.4. The summed E-state index contributed by atoms with van der Waals surface area (Å²) in [6.07, 6.45) is 2.18. The maximum Gasteiger partial charge on any atom is 0.337 e. The zero-order valence-corrected chi connectivity index (χ0v) is 24.9. The van der Waals surface area contributed by atoms with Gasteiger partial charge in [0.1, 0.15) is 5.75 Å². The van der Waals surface area contributed by atoms with Gasteiger partial charge < -0.3 is 19.5 Å². The summed E-state index contributed by atoms with van der Waals surface area (Å²) in [5.41, 5.74) is 6.07. The van der Waals surface area contributed by atoms with Crippen molar-refractivity contribution in [2.45, 2.75) is 58.8 Å². The van der Waals surface area contributed by atoms with E-state index in [1.807, 2.05) is 57.3 Å². The van der Waals surface area contributed by atoms with Gasteiger partial charge >= 0.3 is 5.97 Å². The van der Waals surface area contributed by atoms with E-state index >= 15 is 0 Å². The molecular weight excluding hydrogens is 534 g/mol. The number of fused-ring (bicyclic) bond motifs is 1. The van der Waals surface area contributed by atoms with Crippen LogP contribution in [0.3, 0.4) is 0 Å². The molecule has 0 amide bonds.